The summed E-state index contributed by atoms with van der Waals surface area (Å²) in [4.78, 5) is 4.34. The van der Waals surface area contributed by atoms with Crippen LogP contribution in [-0.4, -0.2) is 23.6 Å². The van der Waals surface area contributed by atoms with Crippen molar-refractivity contribution in [1.29, 1.82) is 0 Å². The molecule has 0 aromatic heterocycles. The molecule has 3 nitrogen and oxygen atoms in total. The van der Waals surface area contributed by atoms with Gasteiger partial charge in [0.25, 0.3) is 0 Å². The first-order valence-electron chi connectivity index (χ1n) is 4.11. The van der Waals surface area contributed by atoms with Crippen LogP contribution in [0.1, 0.15) is 27.7 Å². The summed E-state index contributed by atoms with van der Waals surface area (Å²) in [7, 11) is 3.44. The first kappa shape index (κ1) is 20.5. The average molecular weight is 393 g/mol. The van der Waals surface area contributed by atoms with Gasteiger partial charge in [-0.1, -0.05) is 0 Å². The molecule has 1 aliphatic heterocycles. The largest absolute Gasteiger partial charge is 3.00 e. The smallest absolute Gasteiger partial charge is 0.549 e. The Bertz CT molecular complexity index is 205. The van der Waals surface area contributed by atoms with Crippen molar-refractivity contribution in [2.45, 2.75) is 45.4 Å². The SMILES string of the molecule is [CH2-]OC(C)(C)[C@H]1N=C(C)O[C@H]1C.[CH3-].[CH3-].[Ir+3]. The molecule has 15 heavy (non-hydrogen) atoms. The summed E-state index contributed by atoms with van der Waals surface area (Å²) in [6.45, 7) is 7.78. The summed E-state index contributed by atoms with van der Waals surface area (Å²) in [5.74, 6) is 0.734. The van der Waals surface area contributed by atoms with Crippen LogP contribution in [0.4, 0.5) is 0 Å². The van der Waals surface area contributed by atoms with E-state index in [-0.39, 0.29) is 52.7 Å². The molecule has 0 fully saturated rings. The molecule has 0 saturated heterocycles. The molecular weight excluding hydrogens is 370 g/mol. The van der Waals surface area contributed by atoms with E-state index in [0.717, 1.165) is 5.90 Å². The summed E-state index contributed by atoms with van der Waals surface area (Å²) < 4.78 is 10.5. The van der Waals surface area contributed by atoms with Crippen LogP contribution in [0.15, 0.2) is 4.99 Å². The van der Waals surface area contributed by atoms with E-state index in [9.17, 15) is 0 Å². The van der Waals surface area contributed by atoms with Gasteiger partial charge in [-0.2, -0.15) is 0 Å². The number of rotatable bonds is 2. The van der Waals surface area contributed by atoms with Crippen molar-refractivity contribution in [3.63, 3.8) is 0 Å². The molecule has 1 rings (SSSR count). The molecule has 0 radical (unpaired) electrons. The van der Waals surface area contributed by atoms with Crippen LogP contribution in [-0.2, 0) is 29.6 Å². The van der Waals surface area contributed by atoms with Crippen LogP contribution in [0, 0.1) is 22.0 Å². The second-order valence-corrected chi connectivity index (χ2v) is 3.66. The van der Waals surface area contributed by atoms with Gasteiger partial charge in [0.15, 0.2) is 5.90 Å². The zero-order valence-corrected chi connectivity index (χ0v) is 12.9. The Morgan fingerprint density at radius 2 is 1.87 bits per heavy atom. The van der Waals surface area contributed by atoms with Gasteiger partial charge < -0.3 is 24.3 Å². The Hall–Kier alpha value is 0.0794. The van der Waals surface area contributed by atoms with E-state index in [1.54, 1.807) is 0 Å². The third-order valence-electron chi connectivity index (χ3n) is 2.21. The Morgan fingerprint density at radius 1 is 1.40 bits per heavy atom. The van der Waals surface area contributed by atoms with Crippen LogP contribution in [0.25, 0.3) is 0 Å². The zero-order chi connectivity index (χ0) is 9.35. The van der Waals surface area contributed by atoms with Crippen molar-refractivity contribution in [3.05, 3.63) is 22.0 Å². The number of aliphatic imine (C=N–C) groups is 1. The van der Waals surface area contributed by atoms with Crippen LogP contribution >= 0.6 is 0 Å². The monoisotopic (exact) mass is 393 g/mol. The molecule has 0 saturated carbocycles. The molecule has 92 valence electrons. The zero-order valence-electron chi connectivity index (χ0n) is 10.5. The Labute approximate surface area is 108 Å². The normalized spacial score (nSPS) is 23.9. The predicted octanol–water partition coefficient (Wildman–Crippen LogP) is 2.68. The summed E-state index contributed by atoms with van der Waals surface area (Å²) in [5.41, 5.74) is -0.350. The van der Waals surface area contributed by atoms with Gasteiger partial charge >= 0.3 is 20.1 Å². The molecule has 0 aromatic carbocycles. The minimum Gasteiger partial charge on any atom is -0.549 e. The van der Waals surface area contributed by atoms with Crippen molar-refractivity contribution in [3.8, 4) is 0 Å². The molecule has 0 aliphatic carbocycles. The van der Waals surface area contributed by atoms with Gasteiger partial charge in [0.05, 0.1) is 5.60 Å². The fourth-order valence-corrected chi connectivity index (χ4v) is 1.47. The Morgan fingerprint density at radius 3 is 2.13 bits per heavy atom. The summed E-state index contributed by atoms with van der Waals surface area (Å²) in [6, 6.07) is 0.0509. The number of hydrogen-bond acceptors (Lipinski definition) is 3. The van der Waals surface area contributed by atoms with Gasteiger partial charge in [-0.3, -0.25) is 0 Å². The quantitative estimate of drug-likeness (QED) is 0.677. The van der Waals surface area contributed by atoms with E-state index in [0.29, 0.717) is 0 Å². The number of ether oxygens (including phenoxy) is 2. The predicted molar refractivity (Wildman–Crippen MR) is 60.8 cm³/mol. The molecule has 0 amide bonds. The van der Waals surface area contributed by atoms with Gasteiger partial charge in [0.1, 0.15) is 12.1 Å². The van der Waals surface area contributed by atoms with Gasteiger partial charge in [-0.25, -0.2) is 12.1 Å². The fourth-order valence-electron chi connectivity index (χ4n) is 1.47. The molecule has 0 spiro atoms. The fraction of sp³-hybridized carbons (Fsp3) is 0.636. The van der Waals surface area contributed by atoms with E-state index in [2.05, 4.69) is 12.1 Å². The van der Waals surface area contributed by atoms with Crippen molar-refractivity contribution in [2.24, 2.45) is 4.99 Å². The first-order chi connectivity index (χ1) is 5.47. The van der Waals surface area contributed by atoms with Crippen molar-refractivity contribution >= 4 is 5.90 Å². The molecule has 4 heteroatoms. The summed E-state index contributed by atoms with van der Waals surface area (Å²) in [5, 5.41) is 0. The maximum absolute atomic E-state index is 5.40. The van der Waals surface area contributed by atoms with Gasteiger partial charge in [0, 0.05) is 6.92 Å². The van der Waals surface area contributed by atoms with E-state index in [1.165, 1.54) is 0 Å². The number of nitrogens with zero attached hydrogens (tertiary/aromatic N) is 1. The van der Waals surface area contributed by atoms with Crippen LogP contribution in [0.5, 0.6) is 0 Å². The maximum atomic E-state index is 5.40. The van der Waals surface area contributed by atoms with E-state index in [1.807, 2.05) is 27.7 Å². The van der Waals surface area contributed by atoms with Crippen molar-refractivity contribution in [1.82, 2.24) is 0 Å². The average Bonchev–Trinajstić information content (AvgIpc) is 2.31. The van der Waals surface area contributed by atoms with E-state index in [4.69, 9.17) is 9.47 Å². The number of hydrogen-bond donors (Lipinski definition) is 0. The second-order valence-electron chi connectivity index (χ2n) is 3.66. The minimum absolute atomic E-state index is 0. The second kappa shape index (κ2) is 7.37. The Balaban J connectivity index is -0.000000480. The maximum Gasteiger partial charge on any atom is 3.00 e. The first-order valence-corrected chi connectivity index (χ1v) is 4.11. The minimum atomic E-state index is -0.350. The molecule has 2 atom stereocenters. The van der Waals surface area contributed by atoms with Crippen LogP contribution < -0.4 is 0 Å². The molecule has 0 N–H and O–H groups in total. The third-order valence-corrected chi connectivity index (χ3v) is 2.21. The third kappa shape index (κ3) is 4.62. The molecule has 0 bridgehead atoms. The van der Waals surface area contributed by atoms with Crippen molar-refractivity contribution in [2.75, 3.05) is 0 Å². The Kier molecular flexibility index (Phi) is 10.1. The standard InChI is InChI=1S/C9H16NO2.2CH3.Ir/c1-6-8(9(3,4)11-5)10-7(2)12-6;;;/h6,8H,5H2,1-4H3;2*1H3;/q3*-1;+3/t6-,8-;;;/m0.../s1. The van der Waals surface area contributed by atoms with Gasteiger partial charge in [0.2, 0.25) is 0 Å². The topological polar surface area (TPSA) is 30.8 Å². The molecule has 0 unspecified atom stereocenters. The van der Waals surface area contributed by atoms with Crippen LogP contribution in [0.2, 0.25) is 0 Å². The van der Waals surface area contributed by atoms with Crippen LogP contribution in [0.3, 0.4) is 0 Å². The summed E-state index contributed by atoms with van der Waals surface area (Å²) >= 11 is 0. The molecule has 1 heterocycles. The van der Waals surface area contributed by atoms with E-state index < -0.39 is 0 Å². The van der Waals surface area contributed by atoms with Crippen molar-refractivity contribution < 1.29 is 29.6 Å². The van der Waals surface area contributed by atoms with Gasteiger partial charge in [-0.05, 0) is 20.8 Å². The summed E-state index contributed by atoms with van der Waals surface area (Å²) in [6.07, 6.45) is 0.0850. The molecule has 1 aliphatic rings. The van der Waals surface area contributed by atoms with Gasteiger partial charge in [-0.15, -0.1) is 0 Å². The van der Waals surface area contributed by atoms with E-state index >= 15 is 0 Å². The molecular formula is C11H22IrNO2. The molecule has 0 aromatic rings.